The number of rotatable bonds is 3. The van der Waals surface area contributed by atoms with Crippen molar-refractivity contribution in [1.82, 2.24) is 14.9 Å². The molecular formula is C14H17N3O. The standard InChI is InChI=1S/C14H17N3O/c1-4-13-15-9-12(16-13)10(2)8-11-6-5-7-17(3)14(11)18/h1,6,9-10H,5,7-8H2,2-3H3,(H,15,16). The third kappa shape index (κ3) is 2.45. The summed E-state index contributed by atoms with van der Waals surface area (Å²) < 4.78 is 0. The first kappa shape index (κ1) is 12.4. The molecule has 4 nitrogen and oxygen atoms in total. The molecule has 1 atom stereocenters. The molecule has 0 aromatic carbocycles. The van der Waals surface area contributed by atoms with Crippen LogP contribution >= 0.6 is 0 Å². The van der Waals surface area contributed by atoms with Gasteiger partial charge < -0.3 is 9.88 Å². The van der Waals surface area contributed by atoms with E-state index >= 15 is 0 Å². The van der Waals surface area contributed by atoms with E-state index in [0.29, 0.717) is 5.82 Å². The van der Waals surface area contributed by atoms with Gasteiger partial charge in [0.15, 0.2) is 5.82 Å². The Morgan fingerprint density at radius 2 is 2.44 bits per heavy atom. The number of likely N-dealkylation sites (N-methyl/N-ethyl adjacent to an activating group) is 1. The van der Waals surface area contributed by atoms with E-state index in [-0.39, 0.29) is 11.8 Å². The van der Waals surface area contributed by atoms with Crippen LogP contribution in [-0.2, 0) is 4.79 Å². The Morgan fingerprint density at radius 3 is 3.11 bits per heavy atom. The van der Waals surface area contributed by atoms with Gasteiger partial charge in [0.05, 0.1) is 0 Å². The number of aromatic amines is 1. The van der Waals surface area contributed by atoms with Gasteiger partial charge in [0, 0.05) is 37.0 Å². The van der Waals surface area contributed by atoms with Crippen molar-refractivity contribution in [2.24, 2.45) is 0 Å². The molecule has 1 aromatic rings. The number of terminal acetylenes is 1. The summed E-state index contributed by atoms with van der Waals surface area (Å²) in [5.74, 6) is 3.34. The third-order valence-electron chi connectivity index (χ3n) is 3.27. The maximum Gasteiger partial charge on any atom is 0.249 e. The maximum absolute atomic E-state index is 12.0. The Kier molecular flexibility index (Phi) is 3.52. The zero-order valence-electron chi connectivity index (χ0n) is 10.7. The topological polar surface area (TPSA) is 49.0 Å². The summed E-state index contributed by atoms with van der Waals surface area (Å²) in [6.45, 7) is 2.87. The lowest BCUT2D eigenvalue weighted by Gasteiger charge is -2.24. The lowest BCUT2D eigenvalue weighted by molar-refractivity contribution is -0.126. The van der Waals surface area contributed by atoms with Gasteiger partial charge >= 0.3 is 0 Å². The number of imidazole rings is 1. The summed E-state index contributed by atoms with van der Waals surface area (Å²) in [6.07, 6.45) is 10.7. The SMILES string of the molecule is C#Cc1ncc(C(C)CC2=CCCN(C)C2=O)[nH]1. The Bertz CT molecular complexity index is 521. The van der Waals surface area contributed by atoms with Gasteiger partial charge in [0.25, 0.3) is 0 Å². The molecule has 94 valence electrons. The number of nitrogens with one attached hydrogen (secondary N) is 1. The normalized spacial score (nSPS) is 17.3. The number of amides is 1. The summed E-state index contributed by atoms with van der Waals surface area (Å²) >= 11 is 0. The number of aromatic nitrogens is 2. The van der Waals surface area contributed by atoms with E-state index in [1.165, 1.54) is 0 Å². The maximum atomic E-state index is 12.0. The molecule has 2 heterocycles. The smallest absolute Gasteiger partial charge is 0.249 e. The van der Waals surface area contributed by atoms with E-state index in [0.717, 1.165) is 30.7 Å². The van der Waals surface area contributed by atoms with Crippen LogP contribution in [0.2, 0.25) is 0 Å². The summed E-state index contributed by atoms with van der Waals surface area (Å²) in [5.41, 5.74) is 1.86. The molecule has 0 radical (unpaired) electrons. The Hall–Kier alpha value is -2.02. The molecule has 1 aliphatic heterocycles. The molecule has 0 aliphatic carbocycles. The molecule has 1 N–H and O–H groups in total. The minimum atomic E-state index is 0.129. The van der Waals surface area contributed by atoms with Crippen molar-refractivity contribution >= 4 is 5.91 Å². The van der Waals surface area contributed by atoms with Gasteiger partial charge in [-0.05, 0) is 18.8 Å². The molecule has 0 saturated heterocycles. The number of H-pyrrole nitrogens is 1. The molecule has 1 aromatic heterocycles. The second kappa shape index (κ2) is 5.09. The molecule has 18 heavy (non-hydrogen) atoms. The molecule has 0 bridgehead atoms. The van der Waals surface area contributed by atoms with Gasteiger partial charge in [-0.15, -0.1) is 6.42 Å². The van der Waals surface area contributed by atoms with E-state index in [4.69, 9.17) is 6.42 Å². The van der Waals surface area contributed by atoms with Gasteiger partial charge in [-0.3, -0.25) is 4.79 Å². The molecule has 1 aliphatic rings. The fraction of sp³-hybridized carbons (Fsp3) is 0.429. The first-order valence-corrected chi connectivity index (χ1v) is 6.08. The molecule has 1 amide bonds. The Labute approximate surface area is 107 Å². The lowest BCUT2D eigenvalue weighted by atomic mass is 9.95. The minimum absolute atomic E-state index is 0.129. The van der Waals surface area contributed by atoms with Crippen molar-refractivity contribution in [2.75, 3.05) is 13.6 Å². The van der Waals surface area contributed by atoms with E-state index < -0.39 is 0 Å². The van der Waals surface area contributed by atoms with Crippen LogP contribution in [0.3, 0.4) is 0 Å². The predicted molar refractivity (Wildman–Crippen MR) is 69.9 cm³/mol. The monoisotopic (exact) mass is 243 g/mol. The molecule has 0 fully saturated rings. The summed E-state index contributed by atoms with van der Waals surface area (Å²) in [7, 11) is 1.84. The largest absolute Gasteiger partial charge is 0.342 e. The van der Waals surface area contributed by atoms with Crippen molar-refractivity contribution in [3.05, 3.63) is 29.4 Å². The Morgan fingerprint density at radius 1 is 1.67 bits per heavy atom. The summed E-state index contributed by atoms with van der Waals surface area (Å²) in [6, 6.07) is 0. The summed E-state index contributed by atoms with van der Waals surface area (Å²) in [5, 5.41) is 0. The zero-order valence-corrected chi connectivity index (χ0v) is 10.7. The van der Waals surface area contributed by atoms with E-state index in [1.54, 1.807) is 11.1 Å². The van der Waals surface area contributed by atoms with E-state index in [2.05, 4.69) is 22.8 Å². The third-order valence-corrected chi connectivity index (χ3v) is 3.27. The minimum Gasteiger partial charge on any atom is -0.342 e. The Balaban J connectivity index is 2.07. The molecule has 1 unspecified atom stereocenters. The highest BCUT2D eigenvalue weighted by atomic mass is 16.2. The highest BCUT2D eigenvalue weighted by Crippen LogP contribution is 2.24. The van der Waals surface area contributed by atoms with Crippen LogP contribution in [0.1, 0.15) is 37.2 Å². The van der Waals surface area contributed by atoms with Crippen LogP contribution < -0.4 is 0 Å². The second-order valence-corrected chi connectivity index (χ2v) is 4.68. The van der Waals surface area contributed by atoms with Crippen molar-refractivity contribution < 1.29 is 4.79 Å². The van der Waals surface area contributed by atoms with Crippen LogP contribution in [-0.4, -0.2) is 34.4 Å². The molecule has 4 heteroatoms. The quantitative estimate of drug-likeness (QED) is 0.821. The van der Waals surface area contributed by atoms with Crippen molar-refractivity contribution in [3.8, 4) is 12.3 Å². The highest BCUT2D eigenvalue weighted by Gasteiger charge is 2.21. The van der Waals surface area contributed by atoms with Crippen molar-refractivity contribution in [1.29, 1.82) is 0 Å². The van der Waals surface area contributed by atoms with Gasteiger partial charge in [-0.2, -0.15) is 0 Å². The van der Waals surface area contributed by atoms with Crippen LogP contribution in [0.25, 0.3) is 0 Å². The first-order chi connectivity index (χ1) is 8.61. The van der Waals surface area contributed by atoms with Gasteiger partial charge in [0.1, 0.15) is 0 Å². The fourth-order valence-corrected chi connectivity index (χ4v) is 2.14. The molecule has 2 rings (SSSR count). The van der Waals surface area contributed by atoms with Crippen molar-refractivity contribution in [3.63, 3.8) is 0 Å². The molecular weight excluding hydrogens is 226 g/mol. The number of hydrogen-bond donors (Lipinski definition) is 1. The van der Waals surface area contributed by atoms with Crippen LogP contribution in [0.4, 0.5) is 0 Å². The fourth-order valence-electron chi connectivity index (χ4n) is 2.14. The average molecular weight is 243 g/mol. The van der Waals surface area contributed by atoms with Gasteiger partial charge in [0.2, 0.25) is 5.91 Å². The lowest BCUT2D eigenvalue weighted by Crippen LogP contribution is -2.32. The molecule has 0 spiro atoms. The first-order valence-electron chi connectivity index (χ1n) is 6.08. The molecule has 0 saturated carbocycles. The second-order valence-electron chi connectivity index (χ2n) is 4.68. The van der Waals surface area contributed by atoms with Crippen molar-refractivity contribution in [2.45, 2.75) is 25.7 Å². The average Bonchev–Trinajstić information content (AvgIpc) is 2.83. The van der Waals surface area contributed by atoms with E-state index in [1.807, 2.05) is 13.1 Å². The number of carbonyl (C=O) groups is 1. The number of nitrogens with zero attached hydrogens (tertiary/aromatic N) is 2. The zero-order chi connectivity index (χ0) is 13.1. The van der Waals surface area contributed by atoms with E-state index in [9.17, 15) is 4.79 Å². The predicted octanol–water partition coefficient (Wildman–Crippen LogP) is 1.67. The number of carbonyl (C=O) groups excluding carboxylic acids is 1. The number of hydrogen-bond acceptors (Lipinski definition) is 2. The van der Waals surface area contributed by atoms with Crippen LogP contribution in [0.5, 0.6) is 0 Å². The van der Waals surface area contributed by atoms with Gasteiger partial charge in [-0.1, -0.05) is 13.0 Å². The highest BCUT2D eigenvalue weighted by molar-refractivity contribution is 5.94. The van der Waals surface area contributed by atoms with Gasteiger partial charge in [-0.25, -0.2) is 4.98 Å². The van der Waals surface area contributed by atoms with Crippen LogP contribution in [0.15, 0.2) is 17.8 Å². The van der Waals surface area contributed by atoms with Crippen LogP contribution in [0, 0.1) is 12.3 Å². The summed E-state index contributed by atoms with van der Waals surface area (Å²) in [4.78, 5) is 20.9.